The van der Waals surface area contributed by atoms with Crippen LogP contribution in [0, 0.1) is 5.92 Å². The molecule has 1 aliphatic heterocycles. The number of amides is 1. The largest absolute Gasteiger partial charge is 0.481 e. The molecule has 1 rings (SSSR count). The quantitative estimate of drug-likeness (QED) is 0.810. The van der Waals surface area contributed by atoms with Crippen LogP contribution in [0.3, 0.4) is 0 Å². The second-order valence-corrected chi connectivity index (χ2v) is 6.49. The van der Waals surface area contributed by atoms with Gasteiger partial charge in [0.1, 0.15) is 5.60 Å². The molecule has 0 saturated carbocycles. The van der Waals surface area contributed by atoms with Gasteiger partial charge in [0.15, 0.2) is 0 Å². The number of hydrogen-bond acceptors (Lipinski definition) is 4. The minimum Gasteiger partial charge on any atom is -0.481 e. The first-order chi connectivity index (χ1) is 8.51. The number of carbonyl (C=O) groups is 2. The minimum atomic E-state index is -0.916. The molecule has 0 aliphatic carbocycles. The van der Waals surface area contributed by atoms with Crippen molar-refractivity contribution in [3.63, 3.8) is 0 Å². The number of rotatable bonds is 3. The van der Waals surface area contributed by atoms with Crippen LogP contribution in [0.5, 0.6) is 0 Å². The zero-order valence-electron chi connectivity index (χ0n) is 12.1. The summed E-state index contributed by atoms with van der Waals surface area (Å²) in [4.78, 5) is 24.3. The Morgan fingerprint density at radius 3 is 2.42 bits per heavy atom. The highest BCUT2D eigenvalue weighted by molar-refractivity contribution is 5.69. The molecule has 2 unspecified atom stereocenters. The van der Waals surface area contributed by atoms with E-state index >= 15 is 0 Å². The zero-order valence-corrected chi connectivity index (χ0v) is 12.1. The Morgan fingerprint density at radius 2 is 1.95 bits per heavy atom. The number of ether oxygens (including phenoxy) is 1. The number of carboxylic acid groups (broad SMARTS) is 1. The maximum atomic E-state index is 11.9. The first-order valence-electron chi connectivity index (χ1n) is 6.50. The molecular formula is C13H24N2O4. The third-order valence-corrected chi connectivity index (χ3v) is 3.30. The second-order valence-electron chi connectivity index (χ2n) is 6.49. The normalized spacial score (nSPS) is 23.0. The van der Waals surface area contributed by atoms with E-state index in [0.717, 1.165) is 0 Å². The third kappa shape index (κ3) is 4.70. The predicted octanol–water partition coefficient (Wildman–Crippen LogP) is 1.44. The standard InChI is InChI=1S/C13H24N2O4/c1-12(2,3)19-11(18)15-6-5-9(8-15)13(4,14)7-10(16)17/h9H,5-8,14H2,1-4H3,(H,16,17). The van der Waals surface area contributed by atoms with Crippen molar-refractivity contribution in [3.8, 4) is 0 Å². The van der Waals surface area contributed by atoms with Gasteiger partial charge >= 0.3 is 12.1 Å². The lowest BCUT2D eigenvalue weighted by atomic mass is 9.83. The molecule has 6 heteroatoms. The highest BCUT2D eigenvalue weighted by Gasteiger charge is 2.39. The number of nitrogens with zero attached hydrogens (tertiary/aromatic N) is 1. The summed E-state index contributed by atoms with van der Waals surface area (Å²) in [5.74, 6) is -0.933. The molecule has 0 aromatic carbocycles. The predicted molar refractivity (Wildman–Crippen MR) is 70.8 cm³/mol. The maximum Gasteiger partial charge on any atom is 0.410 e. The van der Waals surface area contributed by atoms with E-state index in [1.54, 1.807) is 11.8 Å². The molecule has 1 amide bonds. The Hall–Kier alpha value is -1.30. The van der Waals surface area contributed by atoms with Crippen molar-refractivity contribution in [1.82, 2.24) is 4.90 Å². The monoisotopic (exact) mass is 272 g/mol. The van der Waals surface area contributed by atoms with E-state index in [4.69, 9.17) is 15.6 Å². The van der Waals surface area contributed by atoms with E-state index in [-0.39, 0.29) is 18.4 Å². The van der Waals surface area contributed by atoms with Crippen molar-refractivity contribution in [2.45, 2.75) is 51.7 Å². The van der Waals surface area contributed by atoms with E-state index in [0.29, 0.717) is 19.5 Å². The summed E-state index contributed by atoms with van der Waals surface area (Å²) in [6.45, 7) is 8.19. The average Bonchev–Trinajstić information content (AvgIpc) is 2.61. The van der Waals surface area contributed by atoms with Gasteiger partial charge in [0.2, 0.25) is 0 Å². The van der Waals surface area contributed by atoms with Gasteiger partial charge < -0.3 is 20.5 Å². The molecule has 1 heterocycles. The molecule has 1 fully saturated rings. The van der Waals surface area contributed by atoms with Gasteiger partial charge in [-0.25, -0.2) is 4.79 Å². The summed E-state index contributed by atoms with van der Waals surface area (Å²) in [6, 6.07) is 0. The topological polar surface area (TPSA) is 92.9 Å². The summed E-state index contributed by atoms with van der Waals surface area (Å²) in [6.07, 6.45) is 0.250. The van der Waals surface area contributed by atoms with Crippen LogP contribution in [-0.4, -0.2) is 46.3 Å². The molecule has 1 aliphatic rings. The van der Waals surface area contributed by atoms with Crippen molar-refractivity contribution in [1.29, 1.82) is 0 Å². The highest BCUT2D eigenvalue weighted by atomic mass is 16.6. The van der Waals surface area contributed by atoms with Crippen LogP contribution in [-0.2, 0) is 9.53 Å². The molecule has 3 N–H and O–H groups in total. The smallest absolute Gasteiger partial charge is 0.410 e. The Balaban J connectivity index is 2.58. The average molecular weight is 272 g/mol. The summed E-state index contributed by atoms with van der Waals surface area (Å²) in [5.41, 5.74) is 4.72. The summed E-state index contributed by atoms with van der Waals surface area (Å²) < 4.78 is 5.29. The van der Waals surface area contributed by atoms with Gasteiger partial charge in [-0.1, -0.05) is 0 Å². The Morgan fingerprint density at radius 1 is 1.37 bits per heavy atom. The Labute approximate surface area is 113 Å². The number of aliphatic carboxylic acids is 1. The van der Waals surface area contributed by atoms with Crippen LogP contribution in [0.15, 0.2) is 0 Å². The lowest BCUT2D eigenvalue weighted by molar-refractivity contribution is -0.138. The Bertz CT molecular complexity index is 360. The molecule has 0 bridgehead atoms. The molecule has 0 radical (unpaired) electrons. The van der Waals surface area contributed by atoms with Gasteiger partial charge in [0, 0.05) is 18.6 Å². The fourth-order valence-electron chi connectivity index (χ4n) is 2.26. The van der Waals surface area contributed by atoms with Crippen molar-refractivity contribution >= 4 is 12.1 Å². The fourth-order valence-corrected chi connectivity index (χ4v) is 2.26. The molecule has 0 aromatic heterocycles. The zero-order chi connectivity index (χ0) is 14.8. The summed E-state index contributed by atoms with van der Waals surface area (Å²) >= 11 is 0. The molecule has 2 atom stereocenters. The third-order valence-electron chi connectivity index (χ3n) is 3.30. The molecule has 19 heavy (non-hydrogen) atoms. The summed E-state index contributed by atoms with van der Waals surface area (Å²) in [5, 5.41) is 8.85. The number of carbonyl (C=O) groups excluding carboxylic acids is 1. The van der Waals surface area contributed by atoms with E-state index in [1.165, 1.54) is 0 Å². The molecule has 110 valence electrons. The van der Waals surface area contributed by atoms with E-state index in [9.17, 15) is 9.59 Å². The van der Waals surface area contributed by atoms with E-state index in [1.807, 2.05) is 20.8 Å². The van der Waals surface area contributed by atoms with Crippen LogP contribution >= 0.6 is 0 Å². The highest BCUT2D eigenvalue weighted by Crippen LogP contribution is 2.29. The van der Waals surface area contributed by atoms with Gasteiger partial charge in [-0.15, -0.1) is 0 Å². The van der Waals surface area contributed by atoms with Gasteiger partial charge in [-0.3, -0.25) is 4.79 Å². The molecule has 1 saturated heterocycles. The second kappa shape index (κ2) is 5.36. The van der Waals surface area contributed by atoms with Crippen molar-refractivity contribution < 1.29 is 19.4 Å². The van der Waals surface area contributed by atoms with Crippen LogP contribution < -0.4 is 5.73 Å². The van der Waals surface area contributed by atoms with Gasteiger partial charge in [-0.05, 0) is 40.0 Å². The van der Waals surface area contributed by atoms with Crippen molar-refractivity contribution in [3.05, 3.63) is 0 Å². The lowest BCUT2D eigenvalue weighted by Gasteiger charge is -2.30. The van der Waals surface area contributed by atoms with Crippen LogP contribution in [0.4, 0.5) is 4.79 Å². The van der Waals surface area contributed by atoms with Gasteiger partial charge in [0.25, 0.3) is 0 Å². The summed E-state index contributed by atoms with van der Waals surface area (Å²) in [7, 11) is 0. The first-order valence-corrected chi connectivity index (χ1v) is 6.50. The van der Waals surface area contributed by atoms with E-state index < -0.39 is 17.1 Å². The van der Waals surface area contributed by atoms with Crippen LogP contribution in [0.1, 0.15) is 40.5 Å². The molecule has 0 spiro atoms. The van der Waals surface area contributed by atoms with Crippen LogP contribution in [0.2, 0.25) is 0 Å². The molecule has 6 nitrogen and oxygen atoms in total. The SMILES string of the molecule is CC(C)(C)OC(=O)N1CCC(C(C)(N)CC(=O)O)C1. The Kier molecular flexibility index (Phi) is 4.45. The number of nitrogens with two attached hydrogens (primary N) is 1. The molecule has 0 aromatic rings. The maximum absolute atomic E-state index is 11.9. The first kappa shape index (κ1) is 15.8. The van der Waals surface area contributed by atoms with Gasteiger partial charge in [0.05, 0.1) is 6.42 Å². The van der Waals surface area contributed by atoms with Crippen molar-refractivity contribution in [2.75, 3.05) is 13.1 Å². The molecular weight excluding hydrogens is 248 g/mol. The number of likely N-dealkylation sites (tertiary alicyclic amines) is 1. The van der Waals surface area contributed by atoms with Crippen LogP contribution in [0.25, 0.3) is 0 Å². The van der Waals surface area contributed by atoms with Gasteiger partial charge in [-0.2, -0.15) is 0 Å². The van der Waals surface area contributed by atoms with Crippen molar-refractivity contribution in [2.24, 2.45) is 11.7 Å². The fraction of sp³-hybridized carbons (Fsp3) is 0.846. The number of hydrogen-bond donors (Lipinski definition) is 2. The number of carboxylic acids is 1. The minimum absolute atomic E-state index is 0.0175. The van der Waals surface area contributed by atoms with E-state index in [2.05, 4.69) is 0 Å². The lowest BCUT2D eigenvalue weighted by Crippen LogP contribution is -2.47.